The zero-order chi connectivity index (χ0) is 14.7. The number of carbonyl (C=O) groups excluding carboxylic acids is 1. The van der Waals surface area contributed by atoms with E-state index in [2.05, 4.69) is 10.3 Å². The topological polar surface area (TPSA) is 79.3 Å². The highest BCUT2D eigenvalue weighted by Crippen LogP contribution is 2.18. The monoisotopic (exact) mass is 272 g/mol. The lowest BCUT2D eigenvalue weighted by molar-refractivity contribution is -0.140. The molecule has 5 nitrogen and oxygen atoms in total. The molecular weight excluding hydrogens is 256 g/mol. The van der Waals surface area contributed by atoms with Gasteiger partial charge in [-0.15, -0.1) is 0 Å². The summed E-state index contributed by atoms with van der Waals surface area (Å²) in [5, 5.41) is 12.2. The second-order valence-corrected chi connectivity index (χ2v) is 4.78. The van der Waals surface area contributed by atoms with Crippen molar-refractivity contribution in [2.45, 2.75) is 13.8 Å². The molecule has 0 fully saturated rings. The molecule has 5 heteroatoms. The summed E-state index contributed by atoms with van der Waals surface area (Å²) in [7, 11) is 0. The van der Waals surface area contributed by atoms with E-state index in [0.29, 0.717) is 5.56 Å². The Morgan fingerprint density at radius 2 is 2.05 bits per heavy atom. The number of amides is 1. The van der Waals surface area contributed by atoms with Crippen LogP contribution < -0.4 is 5.32 Å². The Labute approximate surface area is 116 Å². The molecule has 0 saturated heterocycles. The first kappa shape index (κ1) is 14.0. The smallest absolute Gasteiger partial charge is 0.308 e. The zero-order valence-corrected chi connectivity index (χ0v) is 11.4. The number of aryl methyl sites for hydroxylation is 1. The van der Waals surface area contributed by atoms with Gasteiger partial charge in [-0.2, -0.15) is 0 Å². The summed E-state index contributed by atoms with van der Waals surface area (Å²) in [6.07, 6.45) is 0. The molecule has 0 aliphatic carbocycles. The first-order valence-corrected chi connectivity index (χ1v) is 6.36. The van der Waals surface area contributed by atoms with E-state index in [9.17, 15) is 9.59 Å². The van der Waals surface area contributed by atoms with Gasteiger partial charge in [0, 0.05) is 17.6 Å². The maximum absolute atomic E-state index is 12.2. The molecule has 20 heavy (non-hydrogen) atoms. The van der Waals surface area contributed by atoms with E-state index in [1.165, 1.54) is 0 Å². The number of carbonyl (C=O) groups is 2. The number of para-hydroxylation sites is 1. The Balaban J connectivity index is 2.28. The van der Waals surface area contributed by atoms with Crippen molar-refractivity contribution >= 4 is 22.8 Å². The Kier molecular flexibility index (Phi) is 3.98. The SMILES string of the molecule is Cc1cc(C(=O)NCC(C)C(=O)O)c2ccccc2n1. The van der Waals surface area contributed by atoms with E-state index >= 15 is 0 Å². The maximum atomic E-state index is 12.2. The number of nitrogens with zero attached hydrogens (tertiary/aromatic N) is 1. The number of rotatable bonds is 4. The van der Waals surface area contributed by atoms with Crippen LogP contribution in [0.3, 0.4) is 0 Å². The van der Waals surface area contributed by atoms with E-state index in [-0.39, 0.29) is 12.5 Å². The Hall–Kier alpha value is -2.43. The van der Waals surface area contributed by atoms with Crippen LogP contribution in [-0.2, 0) is 4.79 Å². The summed E-state index contributed by atoms with van der Waals surface area (Å²) in [4.78, 5) is 27.3. The van der Waals surface area contributed by atoms with Crippen LogP contribution in [0.2, 0.25) is 0 Å². The number of carboxylic acids is 1. The lowest BCUT2D eigenvalue weighted by Crippen LogP contribution is -2.31. The number of fused-ring (bicyclic) bond motifs is 1. The first-order valence-electron chi connectivity index (χ1n) is 6.36. The number of nitrogens with one attached hydrogen (secondary N) is 1. The Morgan fingerprint density at radius 1 is 1.35 bits per heavy atom. The molecule has 1 aromatic carbocycles. The molecule has 1 amide bonds. The number of aliphatic carboxylic acids is 1. The van der Waals surface area contributed by atoms with Gasteiger partial charge in [0.2, 0.25) is 0 Å². The lowest BCUT2D eigenvalue weighted by Gasteiger charge is -2.10. The van der Waals surface area contributed by atoms with Crippen molar-refractivity contribution in [3.8, 4) is 0 Å². The fraction of sp³-hybridized carbons (Fsp3) is 0.267. The number of hydrogen-bond donors (Lipinski definition) is 2. The van der Waals surface area contributed by atoms with Crippen molar-refractivity contribution < 1.29 is 14.7 Å². The molecule has 0 aliphatic rings. The minimum atomic E-state index is -0.930. The molecule has 0 radical (unpaired) electrons. The van der Waals surface area contributed by atoms with Crippen molar-refractivity contribution in [3.05, 3.63) is 41.6 Å². The van der Waals surface area contributed by atoms with Crippen LogP contribution in [0.25, 0.3) is 10.9 Å². The summed E-state index contributed by atoms with van der Waals surface area (Å²) in [5.74, 6) is -1.82. The van der Waals surface area contributed by atoms with Gasteiger partial charge in [0.1, 0.15) is 0 Å². The number of benzene rings is 1. The largest absolute Gasteiger partial charge is 0.481 e. The fourth-order valence-electron chi connectivity index (χ4n) is 1.92. The highest BCUT2D eigenvalue weighted by molar-refractivity contribution is 6.06. The van der Waals surface area contributed by atoms with E-state index in [4.69, 9.17) is 5.11 Å². The van der Waals surface area contributed by atoms with Crippen molar-refractivity contribution in [2.75, 3.05) is 6.54 Å². The standard InChI is InChI=1S/C15H16N2O3/c1-9(15(19)20)8-16-14(18)12-7-10(2)17-13-6-4-3-5-11(12)13/h3-7,9H,8H2,1-2H3,(H,16,18)(H,19,20). The Morgan fingerprint density at radius 3 is 2.75 bits per heavy atom. The predicted molar refractivity (Wildman–Crippen MR) is 75.6 cm³/mol. The third-order valence-corrected chi connectivity index (χ3v) is 3.08. The quantitative estimate of drug-likeness (QED) is 0.892. The van der Waals surface area contributed by atoms with Gasteiger partial charge in [0.25, 0.3) is 5.91 Å². The molecule has 104 valence electrons. The molecular formula is C15H16N2O3. The molecule has 0 bridgehead atoms. The summed E-state index contributed by atoms with van der Waals surface area (Å²) in [5.41, 5.74) is 2.02. The van der Waals surface area contributed by atoms with Crippen molar-refractivity contribution in [3.63, 3.8) is 0 Å². The highest BCUT2D eigenvalue weighted by atomic mass is 16.4. The van der Waals surface area contributed by atoms with Crippen molar-refractivity contribution in [2.24, 2.45) is 5.92 Å². The first-order chi connectivity index (χ1) is 9.49. The normalized spacial score (nSPS) is 12.1. The second-order valence-electron chi connectivity index (χ2n) is 4.78. The number of aromatic nitrogens is 1. The van der Waals surface area contributed by atoms with Gasteiger partial charge in [-0.3, -0.25) is 14.6 Å². The zero-order valence-electron chi connectivity index (χ0n) is 11.4. The molecule has 1 aromatic heterocycles. The van der Waals surface area contributed by atoms with E-state index in [0.717, 1.165) is 16.6 Å². The van der Waals surface area contributed by atoms with Gasteiger partial charge in [-0.25, -0.2) is 0 Å². The third kappa shape index (κ3) is 2.93. The average Bonchev–Trinajstić information content (AvgIpc) is 2.43. The molecule has 2 N–H and O–H groups in total. The van der Waals surface area contributed by atoms with Crippen molar-refractivity contribution in [1.82, 2.24) is 10.3 Å². The van der Waals surface area contributed by atoms with Crippen LogP contribution in [-0.4, -0.2) is 28.5 Å². The van der Waals surface area contributed by atoms with Crippen LogP contribution in [0.1, 0.15) is 23.0 Å². The minimum absolute atomic E-state index is 0.101. The van der Waals surface area contributed by atoms with Crippen LogP contribution in [0, 0.1) is 12.8 Å². The van der Waals surface area contributed by atoms with Gasteiger partial charge in [-0.1, -0.05) is 25.1 Å². The predicted octanol–water partition coefficient (Wildman–Crippen LogP) is 1.99. The number of pyridine rings is 1. The van der Waals surface area contributed by atoms with Crippen LogP contribution >= 0.6 is 0 Å². The number of hydrogen-bond acceptors (Lipinski definition) is 3. The van der Waals surface area contributed by atoms with E-state index < -0.39 is 11.9 Å². The highest BCUT2D eigenvalue weighted by Gasteiger charge is 2.15. The number of carboxylic acid groups (broad SMARTS) is 1. The second kappa shape index (κ2) is 5.69. The van der Waals surface area contributed by atoms with E-state index in [1.807, 2.05) is 31.2 Å². The summed E-state index contributed by atoms with van der Waals surface area (Å²) in [6, 6.07) is 9.10. The summed E-state index contributed by atoms with van der Waals surface area (Å²) < 4.78 is 0. The van der Waals surface area contributed by atoms with Gasteiger partial charge in [0.05, 0.1) is 17.0 Å². The fourth-order valence-corrected chi connectivity index (χ4v) is 1.92. The van der Waals surface area contributed by atoms with Gasteiger partial charge >= 0.3 is 5.97 Å². The summed E-state index contributed by atoms with van der Waals surface area (Å²) >= 11 is 0. The van der Waals surface area contributed by atoms with Gasteiger partial charge in [0.15, 0.2) is 0 Å². The van der Waals surface area contributed by atoms with Crippen LogP contribution in [0.15, 0.2) is 30.3 Å². The lowest BCUT2D eigenvalue weighted by atomic mass is 10.1. The molecule has 1 atom stereocenters. The average molecular weight is 272 g/mol. The van der Waals surface area contributed by atoms with Gasteiger partial charge in [-0.05, 0) is 19.1 Å². The molecule has 0 aliphatic heterocycles. The summed E-state index contributed by atoms with van der Waals surface area (Å²) in [6.45, 7) is 3.48. The molecule has 1 heterocycles. The maximum Gasteiger partial charge on any atom is 0.308 e. The molecule has 0 saturated carbocycles. The molecule has 1 unspecified atom stereocenters. The van der Waals surface area contributed by atoms with Crippen LogP contribution in [0.5, 0.6) is 0 Å². The molecule has 0 spiro atoms. The molecule has 2 aromatic rings. The minimum Gasteiger partial charge on any atom is -0.481 e. The van der Waals surface area contributed by atoms with Crippen molar-refractivity contribution in [1.29, 1.82) is 0 Å². The van der Waals surface area contributed by atoms with Gasteiger partial charge < -0.3 is 10.4 Å². The molecule has 2 rings (SSSR count). The van der Waals surface area contributed by atoms with Crippen LogP contribution in [0.4, 0.5) is 0 Å². The Bertz CT molecular complexity index is 667. The third-order valence-electron chi connectivity index (χ3n) is 3.08. The van der Waals surface area contributed by atoms with E-state index in [1.54, 1.807) is 13.0 Å².